The lowest BCUT2D eigenvalue weighted by Gasteiger charge is -2.43. The zero-order valence-corrected chi connectivity index (χ0v) is 30.8. The third-order valence-corrected chi connectivity index (χ3v) is 11.7. The summed E-state index contributed by atoms with van der Waals surface area (Å²) in [5.41, 5.74) is 11.5. The van der Waals surface area contributed by atoms with Crippen molar-refractivity contribution in [3.63, 3.8) is 0 Å². The van der Waals surface area contributed by atoms with Gasteiger partial charge in [0.15, 0.2) is 0 Å². The van der Waals surface area contributed by atoms with Gasteiger partial charge in [0.25, 0.3) is 0 Å². The minimum Gasteiger partial charge on any atom is -0.457 e. The number of anilines is 3. The Morgan fingerprint density at radius 3 is 2.09 bits per heavy atom. The normalized spacial score (nSPS) is 16.3. The molecule has 6 aromatic carbocycles. The number of pyridine rings is 1. The van der Waals surface area contributed by atoms with E-state index in [0.717, 1.165) is 50.1 Å². The van der Waals surface area contributed by atoms with Crippen molar-refractivity contribution in [3.8, 4) is 28.4 Å². The van der Waals surface area contributed by atoms with Crippen LogP contribution in [0.15, 0.2) is 152 Å². The first-order valence-corrected chi connectivity index (χ1v) is 18.6. The first kappa shape index (κ1) is 29.2. The van der Waals surface area contributed by atoms with E-state index >= 15 is 0 Å². The molecule has 0 fully saturated rings. The lowest BCUT2D eigenvalue weighted by molar-refractivity contribution is 0.483. The number of para-hydroxylation sites is 2. The third kappa shape index (κ3) is 4.88. The van der Waals surface area contributed by atoms with Gasteiger partial charge in [0.2, 0.25) is 0 Å². The molecule has 0 radical (unpaired) electrons. The molecule has 5 nitrogen and oxygen atoms in total. The second-order valence-corrected chi connectivity index (χ2v) is 15.6. The highest BCUT2D eigenvalue weighted by Crippen LogP contribution is 2.50. The molecule has 2 aliphatic rings. The number of benzene rings is 6. The summed E-state index contributed by atoms with van der Waals surface area (Å²) in [6.07, 6.45) is 2.09. The molecule has 0 atom stereocenters. The van der Waals surface area contributed by atoms with Gasteiger partial charge >= 0.3 is 0 Å². The highest BCUT2D eigenvalue weighted by atomic mass is 16.5. The summed E-state index contributed by atoms with van der Waals surface area (Å²) < 4.78 is 33.4. The fourth-order valence-corrected chi connectivity index (χ4v) is 8.85. The predicted molar refractivity (Wildman–Crippen MR) is 223 cm³/mol. The number of rotatable bonds is 5. The second kappa shape index (κ2) is 11.8. The highest BCUT2D eigenvalue weighted by molar-refractivity contribution is 6.10. The SMILES string of the molecule is [2H]C([2H])([2H])N1CN(c2cccc(Oc3ccc4c5cc(-c6ccccc6)ccc5n(-c5cc6c(cn5)C(C)(C)c5ccccc5C6(C)C)c4c3)c2)c2ccccc21. The predicted octanol–water partition coefficient (Wildman–Crippen LogP) is 12.1. The maximum atomic E-state index is 8.16. The minimum atomic E-state index is -2.27. The van der Waals surface area contributed by atoms with E-state index in [1.165, 1.54) is 27.2 Å². The Morgan fingerprint density at radius 1 is 0.574 bits per heavy atom. The van der Waals surface area contributed by atoms with Gasteiger partial charge in [-0.25, -0.2) is 4.98 Å². The average molecular weight is 706 g/mol. The molecule has 5 heteroatoms. The number of ether oxygens (including phenoxy) is 1. The van der Waals surface area contributed by atoms with E-state index in [4.69, 9.17) is 13.8 Å². The van der Waals surface area contributed by atoms with Crippen LogP contribution in [-0.2, 0) is 10.8 Å². The molecule has 0 N–H and O–H groups in total. The Balaban J connectivity index is 1.10. The van der Waals surface area contributed by atoms with Crippen molar-refractivity contribution >= 4 is 38.9 Å². The number of hydrogen-bond donors (Lipinski definition) is 0. The van der Waals surface area contributed by atoms with Gasteiger partial charge in [0.1, 0.15) is 17.3 Å². The first-order valence-electron chi connectivity index (χ1n) is 20.1. The maximum Gasteiger partial charge on any atom is 0.137 e. The number of nitrogens with zero attached hydrogens (tertiary/aromatic N) is 4. The molecule has 0 saturated heterocycles. The molecule has 0 saturated carbocycles. The molecule has 1 aliphatic carbocycles. The van der Waals surface area contributed by atoms with Crippen LogP contribution >= 0.6 is 0 Å². The van der Waals surface area contributed by atoms with E-state index in [0.29, 0.717) is 17.2 Å². The van der Waals surface area contributed by atoms with Crippen LogP contribution in [-0.4, -0.2) is 23.2 Å². The van der Waals surface area contributed by atoms with Crippen LogP contribution in [0.3, 0.4) is 0 Å². The van der Waals surface area contributed by atoms with Gasteiger partial charge < -0.3 is 14.5 Å². The van der Waals surface area contributed by atoms with Crippen molar-refractivity contribution in [2.75, 3.05) is 23.4 Å². The van der Waals surface area contributed by atoms with Crippen molar-refractivity contribution < 1.29 is 8.85 Å². The largest absolute Gasteiger partial charge is 0.457 e. The van der Waals surface area contributed by atoms with Gasteiger partial charge in [0, 0.05) is 56.7 Å². The van der Waals surface area contributed by atoms with Crippen molar-refractivity contribution in [2.24, 2.45) is 0 Å². The van der Waals surface area contributed by atoms with Gasteiger partial charge in [0.05, 0.1) is 29.1 Å². The van der Waals surface area contributed by atoms with Crippen molar-refractivity contribution in [3.05, 3.63) is 174 Å². The summed E-state index contributed by atoms with van der Waals surface area (Å²) in [5.74, 6) is 2.20. The van der Waals surface area contributed by atoms with Crippen molar-refractivity contribution in [1.82, 2.24) is 9.55 Å². The summed E-state index contributed by atoms with van der Waals surface area (Å²) in [7, 11) is 0. The Kier molecular flexibility index (Phi) is 6.39. The second-order valence-electron chi connectivity index (χ2n) is 15.6. The first-order chi connectivity index (χ1) is 27.4. The molecular formula is C49H42N4O. The molecule has 0 unspecified atom stereocenters. The quantitative estimate of drug-likeness (QED) is 0.178. The van der Waals surface area contributed by atoms with E-state index in [1.54, 1.807) is 0 Å². The third-order valence-electron chi connectivity index (χ3n) is 11.7. The molecule has 10 rings (SSSR count). The minimum absolute atomic E-state index is 0.198. The average Bonchev–Trinajstić information content (AvgIpc) is 3.77. The number of hydrogen-bond acceptors (Lipinski definition) is 4. The van der Waals surface area contributed by atoms with Crippen LogP contribution in [0.5, 0.6) is 11.5 Å². The topological polar surface area (TPSA) is 33.5 Å². The van der Waals surface area contributed by atoms with Gasteiger partial charge in [-0.05, 0) is 88.0 Å². The summed E-state index contributed by atoms with van der Waals surface area (Å²) in [6.45, 7) is 7.20. The van der Waals surface area contributed by atoms with Crippen molar-refractivity contribution in [1.29, 1.82) is 0 Å². The summed E-state index contributed by atoms with van der Waals surface area (Å²) in [5, 5.41) is 2.24. The van der Waals surface area contributed by atoms with E-state index in [2.05, 4.69) is 123 Å². The van der Waals surface area contributed by atoms with Crippen LogP contribution in [0.25, 0.3) is 38.8 Å². The fourth-order valence-electron chi connectivity index (χ4n) is 8.85. The fraction of sp³-hybridized carbons (Fsp3) is 0.163. The van der Waals surface area contributed by atoms with Gasteiger partial charge in [-0.2, -0.15) is 0 Å². The number of fused-ring (bicyclic) bond motifs is 6. The van der Waals surface area contributed by atoms with E-state index in [9.17, 15) is 0 Å². The highest BCUT2D eigenvalue weighted by Gasteiger charge is 2.42. The van der Waals surface area contributed by atoms with Gasteiger partial charge in [-0.15, -0.1) is 0 Å². The monoisotopic (exact) mass is 705 g/mol. The van der Waals surface area contributed by atoms with Crippen LogP contribution in [0, 0.1) is 0 Å². The Morgan fingerprint density at radius 2 is 1.30 bits per heavy atom. The lowest BCUT2D eigenvalue weighted by atomic mass is 9.60. The molecular weight excluding hydrogens is 661 g/mol. The molecule has 264 valence electrons. The Labute approximate surface area is 320 Å². The maximum absolute atomic E-state index is 8.16. The standard InChI is InChI=1S/C49H42N4O/c1-48(2)39-18-9-10-19-40(39)49(3,4)42-30-50-47(29-41(42)48)53-43-25-22-33(32-14-7-6-8-15-32)26-38(43)37-24-23-36(28-46(37)53)54-35-17-13-16-34(27-35)52-31-51(5)44-20-11-12-21-45(44)52/h6-30H,31H2,1-5H3/i5D3. The molecule has 3 heterocycles. The molecule has 8 aromatic rings. The smallest absolute Gasteiger partial charge is 0.137 e. The zero-order chi connectivity index (χ0) is 39.3. The Hall–Kier alpha value is -6.33. The number of aromatic nitrogens is 2. The van der Waals surface area contributed by atoms with E-state index in [1.807, 2.05) is 65.6 Å². The van der Waals surface area contributed by atoms with Crippen LogP contribution in [0.1, 0.15) is 54.1 Å². The summed E-state index contributed by atoms with van der Waals surface area (Å²) >= 11 is 0. The molecule has 2 aromatic heterocycles. The Bertz CT molecular complexity index is 2880. The van der Waals surface area contributed by atoms with Gasteiger partial charge in [-0.1, -0.05) is 107 Å². The van der Waals surface area contributed by atoms with E-state index < -0.39 is 6.98 Å². The van der Waals surface area contributed by atoms with Crippen LogP contribution in [0.2, 0.25) is 0 Å². The lowest BCUT2D eigenvalue weighted by Crippen LogP contribution is -2.36. The molecule has 1 aliphatic heterocycles. The molecule has 0 amide bonds. The summed E-state index contributed by atoms with van der Waals surface area (Å²) in [6, 6.07) is 50.1. The van der Waals surface area contributed by atoms with Gasteiger partial charge in [-0.3, -0.25) is 4.57 Å². The van der Waals surface area contributed by atoms with Crippen molar-refractivity contribution in [2.45, 2.75) is 38.5 Å². The molecule has 0 spiro atoms. The van der Waals surface area contributed by atoms with Crippen LogP contribution in [0.4, 0.5) is 17.1 Å². The van der Waals surface area contributed by atoms with Crippen LogP contribution < -0.4 is 14.5 Å². The van der Waals surface area contributed by atoms with E-state index in [-0.39, 0.29) is 17.5 Å². The molecule has 54 heavy (non-hydrogen) atoms. The molecule has 0 bridgehead atoms. The zero-order valence-electron chi connectivity index (χ0n) is 33.8. The summed E-state index contributed by atoms with van der Waals surface area (Å²) in [4.78, 5) is 8.71.